The average molecular weight is 441 g/mol. The summed E-state index contributed by atoms with van der Waals surface area (Å²) in [5, 5.41) is 0. The molecule has 0 aliphatic carbocycles. The molecule has 3 saturated heterocycles. The number of nitrogens with zero attached hydrogens (tertiary/aromatic N) is 4. The first-order valence-corrected chi connectivity index (χ1v) is 10.9. The molecule has 1 amide bonds. The Morgan fingerprint density at radius 3 is 2.39 bits per heavy atom. The highest BCUT2D eigenvalue weighted by molar-refractivity contribution is 5.85. The number of piperazine rings is 1. The van der Waals surface area contributed by atoms with Crippen molar-refractivity contribution in [2.75, 3.05) is 60.0 Å². The quantitative estimate of drug-likeness (QED) is 0.702. The number of carbonyl (C=O) groups excluding carboxylic acids is 1. The third-order valence-corrected chi connectivity index (χ3v) is 7.03. The summed E-state index contributed by atoms with van der Waals surface area (Å²) in [5.74, 6) is 0.194. The standard InChI is InChI=1S/C22H31F3N4O2/c1-26-11-12-28-19(16-26)20(30)29(13-14-31-2)21(28)7-9-27(10-8-21)15-17-3-5-18(6-4-17)22(23,24)25/h3-6,19H,7-16H2,1-2H3/t19-/m1/s1. The second-order valence-corrected chi connectivity index (χ2v) is 8.91. The Morgan fingerprint density at radius 2 is 1.77 bits per heavy atom. The first kappa shape index (κ1) is 22.5. The molecule has 3 aliphatic rings. The molecule has 6 nitrogen and oxygen atoms in total. The molecule has 1 atom stereocenters. The molecule has 0 radical (unpaired) electrons. The summed E-state index contributed by atoms with van der Waals surface area (Å²) in [5.41, 5.74) is -0.0218. The highest BCUT2D eigenvalue weighted by Crippen LogP contribution is 2.41. The molecule has 0 N–H and O–H groups in total. The third-order valence-electron chi connectivity index (χ3n) is 7.03. The third kappa shape index (κ3) is 4.33. The molecule has 3 aliphatic heterocycles. The number of fused-ring (bicyclic) bond motifs is 2. The van der Waals surface area contributed by atoms with Gasteiger partial charge in [0.25, 0.3) is 0 Å². The van der Waals surface area contributed by atoms with Crippen molar-refractivity contribution in [3.63, 3.8) is 0 Å². The smallest absolute Gasteiger partial charge is 0.383 e. The number of hydrogen-bond donors (Lipinski definition) is 0. The predicted molar refractivity (Wildman–Crippen MR) is 110 cm³/mol. The van der Waals surface area contributed by atoms with Gasteiger partial charge in [0.1, 0.15) is 6.04 Å². The van der Waals surface area contributed by atoms with Crippen molar-refractivity contribution < 1.29 is 22.7 Å². The topological polar surface area (TPSA) is 39.3 Å². The minimum Gasteiger partial charge on any atom is -0.383 e. The van der Waals surface area contributed by atoms with E-state index in [1.165, 1.54) is 0 Å². The molecule has 1 aromatic carbocycles. The molecule has 0 saturated carbocycles. The van der Waals surface area contributed by atoms with Crippen molar-refractivity contribution in [1.82, 2.24) is 19.6 Å². The largest absolute Gasteiger partial charge is 0.416 e. The van der Waals surface area contributed by atoms with Crippen LogP contribution in [0, 0.1) is 0 Å². The molecule has 0 aromatic heterocycles. The number of carbonyl (C=O) groups is 1. The van der Waals surface area contributed by atoms with Gasteiger partial charge in [0.2, 0.25) is 5.91 Å². The van der Waals surface area contributed by atoms with Crippen LogP contribution in [0.2, 0.25) is 0 Å². The maximum atomic E-state index is 13.2. The molecular weight excluding hydrogens is 409 g/mol. The van der Waals surface area contributed by atoms with Gasteiger partial charge in [-0.3, -0.25) is 14.6 Å². The summed E-state index contributed by atoms with van der Waals surface area (Å²) in [6.07, 6.45) is -2.64. The monoisotopic (exact) mass is 440 g/mol. The first-order valence-electron chi connectivity index (χ1n) is 10.9. The fraction of sp³-hybridized carbons (Fsp3) is 0.682. The number of ether oxygens (including phenoxy) is 1. The van der Waals surface area contributed by atoms with Gasteiger partial charge in [-0.25, -0.2) is 0 Å². The second kappa shape index (κ2) is 8.69. The van der Waals surface area contributed by atoms with Crippen LogP contribution < -0.4 is 0 Å². The number of halogens is 3. The Labute approximate surface area is 181 Å². The maximum Gasteiger partial charge on any atom is 0.416 e. The zero-order valence-electron chi connectivity index (χ0n) is 18.2. The van der Waals surface area contributed by atoms with E-state index in [0.29, 0.717) is 19.7 Å². The van der Waals surface area contributed by atoms with E-state index < -0.39 is 11.7 Å². The zero-order valence-corrected chi connectivity index (χ0v) is 18.2. The number of likely N-dealkylation sites (tertiary alicyclic amines) is 1. The lowest BCUT2D eigenvalue weighted by Crippen LogP contribution is -2.63. The molecule has 3 fully saturated rings. The van der Waals surface area contributed by atoms with E-state index in [2.05, 4.69) is 21.7 Å². The van der Waals surface area contributed by atoms with Crippen LogP contribution in [0.3, 0.4) is 0 Å². The lowest BCUT2D eigenvalue weighted by atomic mass is 9.93. The molecule has 0 unspecified atom stereocenters. The Bertz CT molecular complexity index is 778. The van der Waals surface area contributed by atoms with Crippen LogP contribution in [-0.4, -0.2) is 97.2 Å². The molecule has 31 heavy (non-hydrogen) atoms. The van der Waals surface area contributed by atoms with Crippen LogP contribution in [0.5, 0.6) is 0 Å². The minimum absolute atomic E-state index is 0.0999. The number of amides is 1. The summed E-state index contributed by atoms with van der Waals surface area (Å²) < 4.78 is 43.7. The van der Waals surface area contributed by atoms with E-state index in [1.807, 2.05) is 4.90 Å². The fourth-order valence-electron chi connectivity index (χ4n) is 5.35. The Balaban J connectivity index is 1.45. The summed E-state index contributed by atoms with van der Waals surface area (Å²) in [6, 6.07) is 5.33. The normalized spacial score (nSPS) is 25.4. The number of hydrogen-bond acceptors (Lipinski definition) is 5. The summed E-state index contributed by atoms with van der Waals surface area (Å²) >= 11 is 0. The Morgan fingerprint density at radius 1 is 1.10 bits per heavy atom. The van der Waals surface area contributed by atoms with Crippen LogP contribution in [0.25, 0.3) is 0 Å². The van der Waals surface area contributed by atoms with Crippen molar-refractivity contribution in [3.05, 3.63) is 35.4 Å². The highest BCUT2D eigenvalue weighted by atomic mass is 19.4. The lowest BCUT2D eigenvalue weighted by Gasteiger charge is -2.50. The van der Waals surface area contributed by atoms with Gasteiger partial charge < -0.3 is 14.5 Å². The Kier molecular flexibility index (Phi) is 6.31. The summed E-state index contributed by atoms with van der Waals surface area (Å²) in [6.45, 7) is 5.89. The number of alkyl halides is 3. The van der Waals surface area contributed by atoms with E-state index in [9.17, 15) is 18.0 Å². The molecule has 4 rings (SSSR count). The van der Waals surface area contributed by atoms with Crippen molar-refractivity contribution in [2.24, 2.45) is 0 Å². The molecule has 9 heteroatoms. The van der Waals surface area contributed by atoms with Crippen LogP contribution >= 0.6 is 0 Å². The van der Waals surface area contributed by atoms with Crippen LogP contribution in [0.15, 0.2) is 24.3 Å². The van der Waals surface area contributed by atoms with E-state index in [1.54, 1.807) is 19.2 Å². The molecule has 0 bridgehead atoms. The van der Waals surface area contributed by atoms with Gasteiger partial charge in [0, 0.05) is 52.9 Å². The van der Waals surface area contributed by atoms with Gasteiger partial charge in [0.15, 0.2) is 0 Å². The number of rotatable bonds is 5. The van der Waals surface area contributed by atoms with Crippen molar-refractivity contribution in [2.45, 2.75) is 37.3 Å². The molecule has 172 valence electrons. The van der Waals surface area contributed by atoms with Crippen LogP contribution in [0.1, 0.15) is 24.0 Å². The van der Waals surface area contributed by atoms with E-state index in [4.69, 9.17) is 4.74 Å². The van der Waals surface area contributed by atoms with Crippen molar-refractivity contribution in [1.29, 1.82) is 0 Å². The number of benzene rings is 1. The number of likely N-dealkylation sites (N-methyl/N-ethyl adjacent to an activating group) is 1. The van der Waals surface area contributed by atoms with Gasteiger partial charge in [-0.05, 0) is 37.6 Å². The van der Waals surface area contributed by atoms with Gasteiger partial charge in [-0.1, -0.05) is 12.1 Å². The molecule has 1 aromatic rings. The Hall–Kier alpha value is -1.68. The van der Waals surface area contributed by atoms with E-state index >= 15 is 0 Å². The van der Waals surface area contributed by atoms with Gasteiger partial charge >= 0.3 is 6.18 Å². The van der Waals surface area contributed by atoms with Crippen LogP contribution in [0.4, 0.5) is 13.2 Å². The zero-order chi connectivity index (χ0) is 22.2. The number of piperidine rings is 1. The van der Waals surface area contributed by atoms with Crippen molar-refractivity contribution >= 4 is 5.91 Å². The molecular formula is C22H31F3N4O2. The molecule has 1 spiro atoms. The second-order valence-electron chi connectivity index (χ2n) is 8.91. The van der Waals surface area contributed by atoms with Crippen molar-refractivity contribution in [3.8, 4) is 0 Å². The van der Waals surface area contributed by atoms with Crippen LogP contribution in [-0.2, 0) is 22.3 Å². The molecule has 3 heterocycles. The van der Waals surface area contributed by atoms with Gasteiger partial charge in [-0.15, -0.1) is 0 Å². The number of methoxy groups -OCH3 is 1. The minimum atomic E-state index is -4.31. The predicted octanol–water partition coefficient (Wildman–Crippen LogP) is 2.10. The first-order chi connectivity index (χ1) is 14.7. The maximum absolute atomic E-state index is 13.2. The van der Waals surface area contributed by atoms with E-state index in [-0.39, 0.29) is 17.6 Å². The fourth-order valence-corrected chi connectivity index (χ4v) is 5.35. The SMILES string of the molecule is COCCN1C(=O)[C@H]2CN(C)CCN2C12CCN(Cc1ccc(C(F)(F)F)cc1)CC2. The lowest BCUT2D eigenvalue weighted by molar-refractivity contribution is -0.137. The van der Waals surface area contributed by atoms with Gasteiger partial charge in [-0.2, -0.15) is 13.2 Å². The summed E-state index contributed by atoms with van der Waals surface area (Å²) in [4.78, 5) is 22.2. The highest BCUT2D eigenvalue weighted by Gasteiger charge is 2.57. The average Bonchev–Trinajstić information content (AvgIpc) is 2.95. The van der Waals surface area contributed by atoms with E-state index in [0.717, 1.165) is 63.3 Å². The van der Waals surface area contributed by atoms with Gasteiger partial charge in [0.05, 0.1) is 17.8 Å². The summed E-state index contributed by atoms with van der Waals surface area (Å²) in [7, 11) is 3.71.